The molecule has 0 aliphatic carbocycles. The molecule has 4 aromatic carbocycles. The fourth-order valence-corrected chi connectivity index (χ4v) is 5.05. The second-order valence-corrected chi connectivity index (χ2v) is 11.2. The van der Waals surface area contributed by atoms with Crippen molar-refractivity contribution < 1.29 is 38.7 Å². The molecular formula is C39H40O8. The Morgan fingerprint density at radius 1 is 0.553 bits per heavy atom. The van der Waals surface area contributed by atoms with Crippen LogP contribution in [0, 0.1) is 0 Å². The van der Waals surface area contributed by atoms with Crippen LogP contribution in [0.25, 0.3) is 0 Å². The first-order valence-electron chi connectivity index (χ1n) is 15.2. The molecule has 47 heavy (non-hydrogen) atoms. The molecule has 2 N–H and O–H groups in total. The van der Waals surface area contributed by atoms with E-state index in [9.17, 15) is 19.8 Å². The Kier molecular flexibility index (Phi) is 12.1. The molecule has 8 heteroatoms. The van der Waals surface area contributed by atoms with Crippen molar-refractivity contribution in [3.63, 3.8) is 0 Å². The Morgan fingerprint density at radius 3 is 1.19 bits per heavy atom. The molecule has 0 bridgehead atoms. The molecule has 0 aliphatic rings. The van der Waals surface area contributed by atoms with Gasteiger partial charge in [0.25, 0.3) is 0 Å². The minimum atomic E-state index is -1.00. The molecule has 0 fully saturated rings. The van der Waals surface area contributed by atoms with E-state index in [4.69, 9.17) is 18.9 Å². The van der Waals surface area contributed by atoms with Gasteiger partial charge in [-0.05, 0) is 60.4 Å². The first-order chi connectivity index (χ1) is 22.6. The molecule has 0 saturated carbocycles. The van der Waals surface area contributed by atoms with Crippen molar-refractivity contribution in [3.8, 4) is 11.5 Å². The Labute approximate surface area is 275 Å². The normalized spacial score (nSPS) is 12.3. The Morgan fingerprint density at radius 2 is 0.872 bits per heavy atom. The van der Waals surface area contributed by atoms with Crippen LogP contribution < -0.4 is 9.47 Å². The van der Waals surface area contributed by atoms with Crippen molar-refractivity contribution in [2.45, 2.75) is 31.5 Å². The molecule has 0 amide bonds. The first-order valence-corrected chi connectivity index (χ1v) is 15.2. The highest BCUT2D eigenvalue weighted by Crippen LogP contribution is 2.45. The summed E-state index contributed by atoms with van der Waals surface area (Å²) in [6.45, 7) is 9.64. The van der Waals surface area contributed by atoms with Crippen LogP contribution in [-0.4, -0.2) is 60.8 Å². The SMILES string of the molecule is C=C(C)C(=O)OCC(O)COc1ccc(C(c2ccccc2)(c2ccccc2)c2ccc(OCC(O)COC(=O)C(=C)C)cc2)cc1. The lowest BCUT2D eigenvalue weighted by molar-refractivity contribution is -0.143. The van der Waals surface area contributed by atoms with Crippen molar-refractivity contribution in [2.24, 2.45) is 0 Å². The summed E-state index contributed by atoms with van der Waals surface area (Å²) in [4.78, 5) is 23.3. The summed E-state index contributed by atoms with van der Waals surface area (Å²) in [6, 6.07) is 35.7. The summed E-state index contributed by atoms with van der Waals surface area (Å²) in [6.07, 6.45) is -2.00. The molecule has 0 aliphatic heterocycles. The van der Waals surface area contributed by atoms with E-state index in [1.807, 2.05) is 84.9 Å². The number of aliphatic hydroxyl groups excluding tert-OH is 2. The molecule has 0 heterocycles. The summed E-state index contributed by atoms with van der Waals surface area (Å²) in [5, 5.41) is 20.5. The monoisotopic (exact) mass is 636 g/mol. The average Bonchev–Trinajstić information content (AvgIpc) is 3.09. The second kappa shape index (κ2) is 16.4. The maximum atomic E-state index is 11.6. The highest BCUT2D eigenvalue weighted by atomic mass is 16.6. The number of hydrogen-bond donors (Lipinski definition) is 2. The van der Waals surface area contributed by atoms with Gasteiger partial charge in [-0.1, -0.05) is 98.1 Å². The predicted molar refractivity (Wildman–Crippen MR) is 179 cm³/mol. The Hall–Kier alpha value is -5.18. The molecule has 2 unspecified atom stereocenters. The standard InChI is InChI=1S/C39H40O8/c1-27(2)37(42)46-25-33(40)23-44-35-19-15-31(16-20-35)39(29-11-7-5-8-12-29,30-13-9-6-10-14-30)32-17-21-36(22-18-32)45-24-34(41)26-47-38(43)28(3)4/h5-22,33-34,40-41H,1,3,23-26H2,2,4H3. The van der Waals surface area contributed by atoms with Gasteiger partial charge in [0.05, 0.1) is 5.41 Å². The van der Waals surface area contributed by atoms with Gasteiger partial charge in [0.2, 0.25) is 0 Å². The summed E-state index contributed by atoms with van der Waals surface area (Å²) >= 11 is 0. The summed E-state index contributed by atoms with van der Waals surface area (Å²) in [5.74, 6) is -0.0358. The van der Waals surface area contributed by atoms with E-state index in [1.54, 1.807) is 13.8 Å². The maximum Gasteiger partial charge on any atom is 0.333 e. The summed E-state index contributed by atoms with van der Waals surface area (Å²) in [7, 11) is 0. The van der Waals surface area contributed by atoms with Gasteiger partial charge in [0.1, 0.15) is 50.1 Å². The Balaban J connectivity index is 1.61. The molecule has 244 valence electrons. The number of rotatable bonds is 16. The smallest absolute Gasteiger partial charge is 0.333 e. The van der Waals surface area contributed by atoms with E-state index >= 15 is 0 Å². The van der Waals surface area contributed by atoms with Crippen molar-refractivity contribution in [1.29, 1.82) is 0 Å². The van der Waals surface area contributed by atoms with Crippen molar-refractivity contribution in [1.82, 2.24) is 0 Å². The fourth-order valence-electron chi connectivity index (χ4n) is 5.05. The van der Waals surface area contributed by atoms with E-state index in [1.165, 1.54) is 0 Å². The molecule has 0 aromatic heterocycles. The maximum absolute atomic E-state index is 11.6. The minimum absolute atomic E-state index is 0.0577. The molecular weight excluding hydrogens is 596 g/mol. The van der Waals surface area contributed by atoms with Crippen LogP contribution in [0.4, 0.5) is 0 Å². The van der Waals surface area contributed by atoms with Crippen LogP contribution in [0.2, 0.25) is 0 Å². The molecule has 4 aromatic rings. The lowest BCUT2D eigenvalue weighted by Crippen LogP contribution is -2.31. The van der Waals surface area contributed by atoms with Crippen molar-refractivity contribution in [2.75, 3.05) is 26.4 Å². The number of ether oxygens (including phenoxy) is 4. The highest BCUT2D eigenvalue weighted by Gasteiger charge is 2.38. The number of carbonyl (C=O) groups is 2. The zero-order chi connectivity index (χ0) is 33.8. The molecule has 8 nitrogen and oxygen atoms in total. The topological polar surface area (TPSA) is 112 Å². The van der Waals surface area contributed by atoms with Gasteiger partial charge in [-0.3, -0.25) is 0 Å². The largest absolute Gasteiger partial charge is 0.491 e. The van der Waals surface area contributed by atoms with Gasteiger partial charge in [0.15, 0.2) is 0 Å². The predicted octanol–water partition coefficient (Wildman–Crippen LogP) is 5.79. The quantitative estimate of drug-likeness (QED) is 0.0904. The zero-order valence-corrected chi connectivity index (χ0v) is 26.6. The van der Waals surface area contributed by atoms with E-state index in [0.717, 1.165) is 22.3 Å². The summed E-state index contributed by atoms with van der Waals surface area (Å²) < 4.78 is 21.7. The molecule has 4 rings (SSSR count). The molecule has 2 atom stereocenters. The van der Waals surface area contributed by atoms with Crippen LogP contribution in [0.15, 0.2) is 133 Å². The van der Waals surface area contributed by atoms with Crippen LogP contribution in [0.5, 0.6) is 11.5 Å². The number of hydrogen-bond acceptors (Lipinski definition) is 8. The summed E-state index contributed by atoms with van der Waals surface area (Å²) in [5.41, 5.74) is 3.81. The lowest BCUT2D eigenvalue weighted by Gasteiger charge is -2.37. The number of esters is 2. The van der Waals surface area contributed by atoms with E-state index in [-0.39, 0.29) is 37.6 Å². The van der Waals surface area contributed by atoms with Crippen LogP contribution >= 0.6 is 0 Å². The van der Waals surface area contributed by atoms with Crippen LogP contribution in [0.1, 0.15) is 36.1 Å². The number of benzene rings is 4. The van der Waals surface area contributed by atoms with Crippen LogP contribution in [0.3, 0.4) is 0 Å². The third kappa shape index (κ3) is 8.97. The van der Waals surface area contributed by atoms with Crippen molar-refractivity contribution in [3.05, 3.63) is 156 Å². The Bertz CT molecular complexity index is 1510. The highest BCUT2D eigenvalue weighted by molar-refractivity contribution is 5.87. The molecule has 0 radical (unpaired) electrons. The van der Waals surface area contributed by atoms with Crippen molar-refractivity contribution >= 4 is 11.9 Å². The van der Waals surface area contributed by atoms with E-state index in [0.29, 0.717) is 11.5 Å². The fraction of sp³-hybridized carbons (Fsp3) is 0.231. The minimum Gasteiger partial charge on any atom is -0.491 e. The van der Waals surface area contributed by atoms with Crippen LogP contribution in [-0.2, 0) is 24.5 Å². The van der Waals surface area contributed by atoms with Gasteiger partial charge in [-0.15, -0.1) is 0 Å². The average molecular weight is 637 g/mol. The second-order valence-electron chi connectivity index (χ2n) is 11.2. The lowest BCUT2D eigenvalue weighted by atomic mass is 9.65. The number of carbonyl (C=O) groups excluding carboxylic acids is 2. The van der Waals surface area contributed by atoms with E-state index in [2.05, 4.69) is 37.4 Å². The third-order valence-corrected chi connectivity index (χ3v) is 7.38. The van der Waals surface area contributed by atoms with E-state index < -0.39 is 29.6 Å². The number of aliphatic hydroxyl groups is 2. The van der Waals surface area contributed by atoms with Gasteiger partial charge in [-0.25, -0.2) is 9.59 Å². The zero-order valence-electron chi connectivity index (χ0n) is 26.6. The third-order valence-electron chi connectivity index (χ3n) is 7.38. The van der Waals surface area contributed by atoms with Gasteiger partial charge < -0.3 is 29.2 Å². The van der Waals surface area contributed by atoms with Gasteiger partial charge in [-0.2, -0.15) is 0 Å². The van der Waals surface area contributed by atoms with Gasteiger partial charge >= 0.3 is 11.9 Å². The molecule has 0 saturated heterocycles. The molecule has 0 spiro atoms. The first kappa shape index (κ1) is 34.7. The van der Waals surface area contributed by atoms with Gasteiger partial charge in [0, 0.05) is 11.1 Å².